The summed E-state index contributed by atoms with van der Waals surface area (Å²) in [7, 11) is 0. The molecule has 12 rings (SSSR count). The molecule has 0 unspecified atom stereocenters. The highest BCUT2D eigenvalue weighted by atomic mass is 15.0. The van der Waals surface area contributed by atoms with Crippen LogP contribution in [0.1, 0.15) is 22.3 Å². The van der Waals surface area contributed by atoms with E-state index < -0.39 is 0 Å². The topological polar surface area (TPSA) is 9.86 Å². The summed E-state index contributed by atoms with van der Waals surface area (Å²) < 4.78 is 4.79. The van der Waals surface area contributed by atoms with Gasteiger partial charge in [-0.25, -0.2) is 0 Å². The van der Waals surface area contributed by atoms with Gasteiger partial charge in [0.1, 0.15) is 0 Å². The zero-order valence-electron chi connectivity index (χ0n) is 28.9. The lowest BCUT2D eigenvalue weighted by Gasteiger charge is -2.30. The number of nitrogens with zero attached hydrogens (tertiary/aromatic N) is 2. The molecule has 53 heavy (non-hydrogen) atoms. The van der Waals surface area contributed by atoms with Gasteiger partial charge < -0.3 is 9.13 Å². The molecule has 246 valence electrons. The van der Waals surface area contributed by atoms with E-state index in [0.717, 1.165) is 5.69 Å². The average Bonchev–Trinajstić information content (AvgIpc) is 3.97. The highest BCUT2D eigenvalue weighted by Crippen LogP contribution is 2.63. The van der Waals surface area contributed by atoms with E-state index in [9.17, 15) is 0 Å². The van der Waals surface area contributed by atoms with Crippen LogP contribution in [0.4, 0.5) is 0 Å². The summed E-state index contributed by atoms with van der Waals surface area (Å²) in [5.41, 5.74) is 18.9. The van der Waals surface area contributed by atoms with Crippen molar-refractivity contribution < 1.29 is 0 Å². The van der Waals surface area contributed by atoms with Crippen molar-refractivity contribution in [3.63, 3.8) is 0 Å². The van der Waals surface area contributed by atoms with Gasteiger partial charge in [0, 0.05) is 33.7 Å². The number of hydrogen-bond donors (Lipinski definition) is 0. The summed E-state index contributed by atoms with van der Waals surface area (Å²) in [6.07, 6.45) is 2.22. The highest BCUT2D eigenvalue weighted by Gasteiger charge is 2.51. The number of rotatable bonds is 3. The molecule has 2 heterocycles. The quantitative estimate of drug-likeness (QED) is 0.177. The van der Waals surface area contributed by atoms with Crippen LogP contribution in [0.3, 0.4) is 0 Å². The van der Waals surface area contributed by atoms with Gasteiger partial charge in [0.25, 0.3) is 0 Å². The van der Waals surface area contributed by atoms with E-state index in [2.05, 4.69) is 203 Å². The van der Waals surface area contributed by atoms with Crippen LogP contribution in [0.2, 0.25) is 0 Å². The smallest absolute Gasteiger partial charge is 0.0788 e. The van der Waals surface area contributed by atoms with E-state index in [1.165, 1.54) is 94.0 Å². The Kier molecular flexibility index (Phi) is 5.73. The highest BCUT2D eigenvalue weighted by molar-refractivity contribution is 6.18. The Morgan fingerprint density at radius 2 is 0.943 bits per heavy atom. The van der Waals surface area contributed by atoms with E-state index in [1.807, 2.05) is 0 Å². The molecule has 2 nitrogen and oxygen atoms in total. The first-order valence-corrected chi connectivity index (χ1v) is 18.4. The predicted molar refractivity (Wildman–Crippen MR) is 219 cm³/mol. The number of fused-ring (bicyclic) bond motifs is 15. The number of hydrogen-bond acceptors (Lipinski definition) is 0. The monoisotopic (exact) mass is 672 g/mol. The Balaban J connectivity index is 1.03. The Morgan fingerprint density at radius 1 is 0.358 bits per heavy atom. The summed E-state index contributed by atoms with van der Waals surface area (Å²) in [6, 6.07) is 69.6. The standard InChI is InChI=1S/C51H32N2/c1-2-12-37(13-3-1)53-48-21-11-7-17-42(48)43-29-24-34-30-31-52(49(34)50(43)53)36-26-22-33(23-27-36)35-25-28-41-40-16-6-10-20-46(40)51(47(41)32-35)44-18-8-4-14-38(44)39-15-5-9-19-45(39)51/h1-32H. The van der Waals surface area contributed by atoms with E-state index in [4.69, 9.17) is 0 Å². The number of aromatic nitrogens is 2. The second kappa shape index (κ2) is 10.6. The van der Waals surface area contributed by atoms with Crippen molar-refractivity contribution in [2.45, 2.75) is 5.41 Å². The predicted octanol–water partition coefficient (Wildman–Crippen LogP) is 12.7. The van der Waals surface area contributed by atoms with Crippen LogP contribution in [-0.2, 0) is 5.41 Å². The van der Waals surface area contributed by atoms with Crippen LogP contribution < -0.4 is 0 Å². The van der Waals surface area contributed by atoms with Crippen molar-refractivity contribution in [2.24, 2.45) is 0 Å². The minimum atomic E-state index is -0.346. The molecule has 2 aromatic heterocycles. The van der Waals surface area contributed by atoms with Crippen LogP contribution in [-0.4, -0.2) is 9.13 Å². The molecule has 8 aromatic carbocycles. The van der Waals surface area contributed by atoms with Crippen LogP contribution in [0, 0.1) is 0 Å². The lowest BCUT2D eigenvalue weighted by molar-refractivity contribution is 0.794. The Morgan fingerprint density at radius 3 is 1.64 bits per heavy atom. The molecule has 0 saturated heterocycles. The second-order valence-electron chi connectivity index (χ2n) is 14.5. The molecule has 0 saturated carbocycles. The molecule has 0 amide bonds. The first-order chi connectivity index (χ1) is 26.3. The molecular formula is C51H32N2. The van der Waals surface area contributed by atoms with Crippen molar-refractivity contribution >= 4 is 32.7 Å². The number of para-hydroxylation sites is 2. The minimum Gasteiger partial charge on any atom is -0.315 e. The number of benzene rings is 8. The summed E-state index contributed by atoms with van der Waals surface area (Å²) in [5.74, 6) is 0. The molecule has 0 aliphatic heterocycles. The SMILES string of the molecule is c1ccc(-n2c3ccccc3c3ccc4ccn(-c5ccc(-c6ccc7c(c6)C6(c8ccccc8-c8ccccc86)c6ccccc6-7)cc5)c4c32)cc1. The Labute approximate surface area is 307 Å². The van der Waals surface area contributed by atoms with Crippen molar-refractivity contribution in [1.29, 1.82) is 0 Å². The maximum absolute atomic E-state index is 2.47. The molecule has 1 spiro atoms. The fraction of sp³-hybridized carbons (Fsp3) is 0.0196. The van der Waals surface area contributed by atoms with Crippen molar-refractivity contribution in [2.75, 3.05) is 0 Å². The van der Waals surface area contributed by atoms with Gasteiger partial charge in [-0.3, -0.25) is 0 Å². The Hall–Kier alpha value is -6.90. The van der Waals surface area contributed by atoms with Gasteiger partial charge in [-0.2, -0.15) is 0 Å². The fourth-order valence-electron chi connectivity index (χ4n) is 9.82. The van der Waals surface area contributed by atoms with Gasteiger partial charge in [0.15, 0.2) is 0 Å². The van der Waals surface area contributed by atoms with Gasteiger partial charge in [0.2, 0.25) is 0 Å². The van der Waals surface area contributed by atoms with Gasteiger partial charge in [-0.1, -0.05) is 146 Å². The average molecular weight is 673 g/mol. The molecule has 2 aliphatic carbocycles. The second-order valence-corrected chi connectivity index (χ2v) is 14.5. The Bertz CT molecular complexity index is 3040. The molecule has 2 heteroatoms. The molecular weight excluding hydrogens is 641 g/mol. The summed E-state index contributed by atoms with van der Waals surface area (Å²) >= 11 is 0. The third-order valence-electron chi connectivity index (χ3n) is 12.0. The van der Waals surface area contributed by atoms with E-state index in [0.29, 0.717) is 0 Å². The van der Waals surface area contributed by atoms with E-state index >= 15 is 0 Å². The zero-order valence-corrected chi connectivity index (χ0v) is 28.9. The van der Waals surface area contributed by atoms with Crippen LogP contribution >= 0.6 is 0 Å². The third kappa shape index (κ3) is 3.72. The van der Waals surface area contributed by atoms with Crippen LogP contribution in [0.15, 0.2) is 194 Å². The maximum atomic E-state index is 2.47. The van der Waals surface area contributed by atoms with Crippen LogP contribution in [0.25, 0.3) is 77.5 Å². The molecule has 0 bridgehead atoms. The maximum Gasteiger partial charge on any atom is 0.0788 e. The largest absolute Gasteiger partial charge is 0.315 e. The van der Waals surface area contributed by atoms with Gasteiger partial charge in [-0.15, -0.1) is 0 Å². The fourth-order valence-corrected chi connectivity index (χ4v) is 9.82. The van der Waals surface area contributed by atoms with Crippen molar-refractivity contribution in [1.82, 2.24) is 9.13 Å². The van der Waals surface area contributed by atoms with Crippen LogP contribution in [0.5, 0.6) is 0 Å². The summed E-state index contributed by atoms with van der Waals surface area (Å²) in [4.78, 5) is 0. The first-order valence-electron chi connectivity index (χ1n) is 18.4. The van der Waals surface area contributed by atoms with Crippen molar-refractivity contribution in [3.8, 4) is 44.8 Å². The molecule has 10 aromatic rings. The molecule has 0 fully saturated rings. The molecule has 0 N–H and O–H groups in total. The molecule has 0 atom stereocenters. The minimum absolute atomic E-state index is 0.346. The normalized spacial score (nSPS) is 13.4. The summed E-state index contributed by atoms with van der Waals surface area (Å²) in [6.45, 7) is 0. The lowest BCUT2D eigenvalue weighted by atomic mass is 9.70. The molecule has 0 radical (unpaired) electrons. The van der Waals surface area contributed by atoms with E-state index in [-0.39, 0.29) is 5.41 Å². The van der Waals surface area contributed by atoms with Gasteiger partial charge in [-0.05, 0) is 98.1 Å². The summed E-state index contributed by atoms with van der Waals surface area (Å²) in [5, 5.41) is 3.75. The molecule has 2 aliphatic rings. The zero-order chi connectivity index (χ0) is 34.7. The van der Waals surface area contributed by atoms with Crippen molar-refractivity contribution in [3.05, 3.63) is 217 Å². The lowest BCUT2D eigenvalue weighted by Crippen LogP contribution is -2.25. The van der Waals surface area contributed by atoms with E-state index in [1.54, 1.807) is 0 Å². The third-order valence-corrected chi connectivity index (χ3v) is 12.0. The van der Waals surface area contributed by atoms with Gasteiger partial charge in [0.05, 0.1) is 22.0 Å². The van der Waals surface area contributed by atoms with Gasteiger partial charge >= 0.3 is 0 Å². The first kappa shape index (κ1) is 28.8.